The molecular weight excluding hydrogens is 480 g/mol. The molecule has 2 atom stereocenters. The molecule has 1 spiro atoms. The number of ether oxygens (including phenoxy) is 2. The summed E-state index contributed by atoms with van der Waals surface area (Å²) in [5.41, 5.74) is -1.88. The van der Waals surface area contributed by atoms with Crippen LogP contribution in [0.4, 0.5) is 27.2 Å². The van der Waals surface area contributed by atoms with E-state index in [9.17, 15) is 36.7 Å². The fraction of sp³-hybridized carbons (Fsp3) is 0.238. The lowest BCUT2D eigenvalue weighted by Gasteiger charge is -2.48. The van der Waals surface area contributed by atoms with Crippen LogP contribution in [0, 0.1) is 5.41 Å². The molecule has 2 heterocycles. The molecule has 14 heteroatoms. The minimum absolute atomic E-state index is 0.156. The normalized spacial score (nSPS) is 21.3. The van der Waals surface area contributed by atoms with E-state index in [1.54, 1.807) is 0 Å². The molecule has 0 saturated carbocycles. The molecule has 2 aromatic carbocycles. The van der Waals surface area contributed by atoms with Crippen molar-refractivity contribution in [3.05, 3.63) is 59.7 Å². The molecule has 2 aromatic rings. The SMILES string of the molecule is O=C1NC(=O)C2(C(=O)N1)[C@H](c1ccc(OC(F)F)cc1)NC(=O)N[C@H]2c1ccc(OC(F)F)cc1. The average molecular weight is 496 g/mol. The van der Waals surface area contributed by atoms with Gasteiger partial charge in [-0.25, -0.2) is 9.59 Å². The van der Waals surface area contributed by atoms with Crippen molar-refractivity contribution in [2.45, 2.75) is 25.3 Å². The van der Waals surface area contributed by atoms with Crippen LogP contribution in [-0.2, 0) is 9.59 Å². The van der Waals surface area contributed by atoms with Crippen molar-refractivity contribution in [2.75, 3.05) is 0 Å². The number of hydrogen-bond donors (Lipinski definition) is 4. The number of benzene rings is 2. The Morgan fingerprint density at radius 2 is 1.00 bits per heavy atom. The van der Waals surface area contributed by atoms with Gasteiger partial charge in [-0.05, 0) is 35.4 Å². The van der Waals surface area contributed by atoms with Gasteiger partial charge < -0.3 is 20.1 Å². The minimum Gasteiger partial charge on any atom is -0.435 e. The number of amides is 6. The molecule has 2 aliphatic heterocycles. The summed E-state index contributed by atoms with van der Waals surface area (Å²) in [6.07, 6.45) is 0. The molecule has 0 unspecified atom stereocenters. The molecule has 2 aliphatic rings. The van der Waals surface area contributed by atoms with E-state index in [0.717, 1.165) is 24.3 Å². The average Bonchev–Trinajstić information content (AvgIpc) is 2.78. The maximum atomic E-state index is 13.3. The van der Waals surface area contributed by atoms with E-state index < -0.39 is 54.6 Å². The molecule has 4 rings (SSSR count). The second-order valence-corrected chi connectivity index (χ2v) is 7.49. The Kier molecular flexibility index (Phi) is 6.20. The fourth-order valence-electron chi connectivity index (χ4n) is 4.15. The predicted molar refractivity (Wildman–Crippen MR) is 107 cm³/mol. The highest BCUT2D eigenvalue weighted by Crippen LogP contribution is 2.48. The first-order valence-corrected chi connectivity index (χ1v) is 9.94. The molecule has 0 aliphatic carbocycles. The molecule has 4 N–H and O–H groups in total. The summed E-state index contributed by atoms with van der Waals surface area (Å²) in [7, 11) is 0. The fourth-order valence-corrected chi connectivity index (χ4v) is 4.15. The summed E-state index contributed by atoms with van der Waals surface area (Å²) in [6, 6.07) is 5.03. The van der Waals surface area contributed by atoms with E-state index in [1.807, 2.05) is 10.6 Å². The number of halogens is 4. The second kappa shape index (κ2) is 9.12. The van der Waals surface area contributed by atoms with E-state index in [-0.39, 0.29) is 22.6 Å². The van der Waals surface area contributed by atoms with Gasteiger partial charge in [-0.2, -0.15) is 17.6 Å². The standard InChI is InChI=1S/C21H16F4N4O6/c22-17(23)34-11-5-1-9(2-6-11)13-21(15(30)28-20(33)29-16(21)31)14(27-19(32)26-13)10-3-7-12(8-4-10)35-18(24)25/h1-8,13-14,17-18H,(H2,26,27,32)(H2,28,29,30,31,33)/t13-,14-/m0/s1. The van der Waals surface area contributed by atoms with Gasteiger partial charge in [-0.1, -0.05) is 24.3 Å². The highest BCUT2D eigenvalue weighted by Gasteiger charge is 2.64. The van der Waals surface area contributed by atoms with Gasteiger partial charge in [0.05, 0.1) is 12.1 Å². The number of rotatable bonds is 6. The van der Waals surface area contributed by atoms with Gasteiger partial charge >= 0.3 is 25.3 Å². The Morgan fingerprint density at radius 1 is 0.629 bits per heavy atom. The summed E-state index contributed by atoms with van der Waals surface area (Å²) in [5, 5.41) is 8.96. The van der Waals surface area contributed by atoms with E-state index in [4.69, 9.17) is 0 Å². The molecule has 10 nitrogen and oxygen atoms in total. The Morgan fingerprint density at radius 3 is 1.34 bits per heavy atom. The van der Waals surface area contributed by atoms with E-state index in [0.29, 0.717) is 0 Å². The zero-order valence-electron chi connectivity index (χ0n) is 17.4. The van der Waals surface area contributed by atoms with E-state index in [2.05, 4.69) is 20.1 Å². The van der Waals surface area contributed by atoms with Gasteiger partial charge in [-0.15, -0.1) is 0 Å². The third-order valence-corrected chi connectivity index (χ3v) is 5.54. The van der Waals surface area contributed by atoms with Crippen molar-refractivity contribution >= 4 is 23.9 Å². The Labute approximate surface area is 193 Å². The number of urea groups is 2. The second-order valence-electron chi connectivity index (χ2n) is 7.49. The zero-order chi connectivity index (χ0) is 25.3. The molecular formula is C21H16F4N4O6. The van der Waals surface area contributed by atoms with Crippen molar-refractivity contribution < 1.29 is 46.2 Å². The Balaban J connectivity index is 1.81. The molecule has 0 aromatic heterocycles. The number of carbonyl (C=O) groups is 4. The van der Waals surface area contributed by atoms with Crippen molar-refractivity contribution in [2.24, 2.45) is 5.41 Å². The topological polar surface area (TPSA) is 135 Å². The van der Waals surface area contributed by atoms with Crippen molar-refractivity contribution in [1.29, 1.82) is 0 Å². The first-order chi connectivity index (χ1) is 16.6. The number of alkyl halides is 4. The number of carbonyl (C=O) groups excluding carboxylic acids is 4. The largest absolute Gasteiger partial charge is 0.435 e. The van der Waals surface area contributed by atoms with Gasteiger partial charge in [-0.3, -0.25) is 20.2 Å². The zero-order valence-corrected chi connectivity index (χ0v) is 17.4. The molecule has 6 amide bonds. The van der Waals surface area contributed by atoms with Crippen molar-refractivity contribution in [1.82, 2.24) is 21.3 Å². The first kappa shape index (κ1) is 23.8. The molecule has 2 saturated heterocycles. The third-order valence-electron chi connectivity index (χ3n) is 5.54. The lowest BCUT2D eigenvalue weighted by molar-refractivity contribution is -0.150. The molecule has 35 heavy (non-hydrogen) atoms. The number of nitrogens with one attached hydrogen (secondary N) is 4. The van der Waals surface area contributed by atoms with Gasteiger partial charge in [0.1, 0.15) is 11.5 Å². The Hall–Kier alpha value is -4.36. The van der Waals surface area contributed by atoms with E-state index >= 15 is 0 Å². The lowest BCUT2D eigenvalue weighted by Crippen LogP contribution is -2.73. The van der Waals surface area contributed by atoms with Crippen LogP contribution in [-0.4, -0.2) is 37.1 Å². The third kappa shape index (κ3) is 4.41. The van der Waals surface area contributed by atoms with Crippen LogP contribution >= 0.6 is 0 Å². The first-order valence-electron chi connectivity index (χ1n) is 9.94. The molecule has 184 valence electrons. The highest BCUT2D eigenvalue weighted by molar-refractivity contribution is 6.21. The van der Waals surface area contributed by atoms with Gasteiger partial charge in [0.2, 0.25) is 11.8 Å². The van der Waals surface area contributed by atoms with Crippen LogP contribution < -0.4 is 30.7 Å². The summed E-state index contributed by atoms with van der Waals surface area (Å²) >= 11 is 0. The van der Waals surface area contributed by atoms with Gasteiger partial charge in [0, 0.05) is 0 Å². The van der Waals surface area contributed by atoms with Gasteiger partial charge in [0.25, 0.3) is 0 Å². The smallest absolute Gasteiger partial charge is 0.387 e. The predicted octanol–water partition coefficient (Wildman–Crippen LogP) is 2.34. The van der Waals surface area contributed by atoms with E-state index in [1.165, 1.54) is 24.3 Å². The maximum Gasteiger partial charge on any atom is 0.387 e. The van der Waals surface area contributed by atoms with Crippen molar-refractivity contribution in [3.8, 4) is 11.5 Å². The molecule has 0 bridgehead atoms. The van der Waals surface area contributed by atoms with Crippen LogP contribution in [0.1, 0.15) is 23.2 Å². The van der Waals surface area contributed by atoms with Crippen LogP contribution in [0.2, 0.25) is 0 Å². The van der Waals surface area contributed by atoms with Crippen LogP contribution in [0.5, 0.6) is 11.5 Å². The van der Waals surface area contributed by atoms with Crippen LogP contribution in [0.3, 0.4) is 0 Å². The summed E-state index contributed by atoms with van der Waals surface area (Å²) in [6.45, 7) is -6.18. The van der Waals surface area contributed by atoms with Gasteiger partial charge in [0.15, 0.2) is 5.41 Å². The monoisotopic (exact) mass is 496 g/mol. The molecule has 0 radical (unpaired) electrons. The maximum absolute atomic E-state index is 13.3. The minimum atomic E-state index is -3.09. The van der Waals surface area contributed by atoms with Crippen LogP contribution in [0.15, 0.2) is 48.5 Å². The summed E-state index contributed by atoms with van der Waals surface area (Å²) < 4.78 is 58.6. The number of barbiturate groups is 1. The van der Waals surface area contributed by atoms with Crippen LogP contribution in [0.25, 0.3) is 0 Å². The quantitative estimate of drug-likeness (QED) is 0.358. The van der Waals surface area contributed by atoms with Crippen molar-refractivity contribution in [3.63, 3.8) is 0 Å². The number of hydrogen-bond acceptors (Lipinski definition) is 6. The number of imide groups is 2. The Bertz CT molecular complexity index is 1070. The highest BCUT2D eigenvalue weighted by atomic mass is 19.3. The lowest BCUT2D eigenvalue weighted by atomic mass is 9.65. The molecule has 2 fully saturated rings. The summed E-state index contributed by atoms with van der Waals surface area (Å²) in [5.74, 6) is -2.54. The summed E-state index contributed by atoms with van der Waals surface area (Å²) in [4.78, 5) is 50.9.